The maximum absolute atomic E-state index is 12.8. The maximum atomic E-state index is 12.8. The molecule has 1 heterocycles. The minimum atomic E-state index is -4.83. The second-order valence-electron chi connectivity index (χ2n) is 3.16. The molecule has 17 heavy (non-hydrogen) atoms. The highest BCUT2D eigenvalue weighted by atomic mass is 19.4. The fourth-order valence-electron chi connectivity index (χ4n) is 1.17. The quantitative estimate of drug-likeness (QED) is 0.470. The molecular formula is C10H9F4NO2. The smallest absolute Gasteiger partial charge is 0.420 e. The Hall–Kier alpha value is -1.66. The Bertz CT molecular complexity index is 417. The number of alkyl halides is 3. The van der Waals surface area contributed by atoms with Gasteiger partial charge in [-0.05, 0) is 18.6 Å². The summed E-state index contributed by atoms with van der Waals surface area (Å²) >= 11 is 0. The van der Waals surface area contributed by atoms with Gasteiger partial charge in [0, 0.05) is 6.20 Å². The van der Waals surface area contributed by atoms with E-state index in [1.807, 2.05) is 0 Å². The van der Waals surface area contributed by atoms with E-state index in [1.54, 1.807) is 6.92 Å². The van der Waals surface area contributed by atoms with E-state index in [0.29, 0.717) is 6.07 Å². The van der Waals surface area contributed by atoms with Crippen molar-refractivity contribution >= 4 is 5.97 Å². The Morgan fingerprint density at radius 2 is 2.12 bits per heavy atom. The van der Waals surface area contributed by atoms with Crippen LogP contribution < -0.4 is 0 Å². The zero-order chi connectivity index (χ0) is 13.1. The molecule has 0 radical (unpaired) electrons. The topological polar surface area (TPSA) is 39.2 Å². The van der Waals surface area contributed by atoms with Gasteiger partial charge in [-0.3, -0.25) is 4.79 Å². The van der Waals surface area contributed by atoms with Crippen molar-refractivity contribution in [2.24, 2.45) is 0 Å². The van der Waals surface area contributed by atoms with Gasteiger partial charge in [-0.25, -0.2) is 4.98 Å². The van der Waals surface area contributed by atoms with Gasteiger partial charge in [0.1, 0.15) is 5.56 Å². The summed E-state index contributed by atoms with van der Waals surface area (Å²) in [5.74, 6) is -2.29. The third-order valence-corrected chi connectivity index (χ3v) is 1.85. The molecule has 0 spiro atoms. The lowest BCUT2D eigenvalue weighted by molar-refractivity contribution is -0.143. The van der Waals surface area contributed by atoms with Gasteiger partial charge in [-0.2, -0.15) is 17.6 Å². The lowest BCUT2D eigenvalue weighted by Crippen LogP contribution is -2.13. The highest BCUT2D eigenvalue weighted by Gasteiger charge is 2.35. The minimum absolute atomic E-state index is 0.0443. The number of hydrogen-bond donors (Lipinski definition) is 0. The molecule has 3 nitrogen and oxygen atoms in total. The van der Waals surface area contributed by atoms with Crippen LogP contribution in [0.1, 0.15) is 18.1 Å². The van der Waals surface area contributed by atoms with E-state index in [9.17, 15) is 22.4 Å². The molecule has 1 aromatic rings. The molecule has 0 aromatic carbocycles. The summed E-state index contributed by atoms with van der Waals surface area (Å²) in [5.41, 5.74) is -1.53. The fourth-order valence-corrected chi connectivity index (χ4v) is 1.17. The van der Waals surface area contributed by atoms with E-state index in [2.05, 4.69) is 9.72 Å². The number of rotatable bonds is 3. The molecule has 0 aliphatic heterocycles. The molecule has 0 saturated heterocycles. The van der Waals surface area contributed by atoms with Gasteiger partial charge >= 0.3 is 12.1 Å². The predicted molar refractivity (Wildman–Crippen MR) is 49.5 cm³/mol. The zero-order valence-electron chi connectivity index (χ0n) is 8.84. The predicted octanol–water partition coefficient (Wildman–Crippen LogP) is 2.35. The highest BCUT2D eigenvalue weighted by Crippen LogP contribution is 2.31. The molecule has 0 aliphatic rings. The Morgan fingerprint density at radius 3 is 2.65 bits per heavy atom. The standard InChI is InChI=1S/C10H9F4NO2/c1-2-17-8(16)4-6-3-7(10(12,13)14)9(11)15-5-6/h3,5H,2,4H2,1H3. The number of carbonyl (C=O) groups excluding carboxylic acids is 1. The summed E-state index contributed by atoms with van der Waals surface area (Å²) in [6.45, 7) is 1.70. The van der Waals surface area contributed by atoms with E-state index in [-0.39, 0.29) is 18.6 Å². The van der Waals surface area contributed by atoms with Crippen LogP contribution in [0.2, 0.25) is 0 Å². The summed E-state index contributed by atoms with van der Waals surface area (Å²) in [4.78, 5) is 14.0. The highest BCUT2D eigenvalue weighted by molar-refractivity contribution is 5.72. The van der Waals surface area contributed by atoms with Gasteiger partial charge in [-0.1, -0.05) is 0 Å². The normalized spacial score (nSPS) is 11.4. The fraction of sp³-hybridized carbons (Fsp3) is 0.400. The zero-order valence-corrected chi connectivity index (χ0v) is 8.84. The van der Waals surface area contributed by atoms with Gasteiger partial charge in [0.05, 0.1) is 13.0 Å². The molecule has 7 heteroatoms. The molecule has 0 atom stereocenters. The molecule has 94 valence electrons. The van der Waals surface area contributed by atoms with Crippen LogP contribution in [-0.2, 0) is 22.1 Å². The number of carbonyl (C=O) groups is 1. The van der Waals surface area contributed by atoms with Crippen molar-refractivity contribution in [3.63, 3.8) is 0 Å². The van der Waals surface area contributed by atoms with Crippen LogP contribution in [-0.4, -0.2) is 17.6 Å². The van der Waals surface area contributed by atoms with Gasteiger partial charge in [0.15, 0.2) is 0 Å². The van der Waals surface area contributed by atoms with Crippen LogP contribution >= 0.6 is 0 Å². The first-order chi connectivity index (χ1) is 7.84. The first kappa shape index (κ1) is 13.4. The second-order valence-corrected chi connectivity index (χ2v) is 3.16. The van der Waals surface area contributed by atoms with Crippen LogP contribution in [0.15, 0.2) is 12.3 Å². The molecule has 0 bridgehead atoms. The Morgan fingerprint density at radius 1 is 1.47 bits per heavy atom. The van der Waals surface area contributed by atoms with Crippen molar-refractivity contribution in [3.8, 4) is 0 Å². The third kappa shape index (κ3) is 3.69. The van der Waals surface area contributed by atoms with E-state index < -0.39 is 23.7 Å². The number of esters is 1. The summed E-state index contributed by atoms with van der Waals surface area (Å²) < 4.78 is 54.3. The molecule has 1 rings (SSSR count). The van der Waals surface area contributed by atoms with Crippen molar-refractivity contribution in [1.29, 1.82) is 0 Å². The van der Waals surface area contributed by atoms with Crippen molar-refractivity contribution in [2.45, 2.75) is 19.5 Å². The van der Waals surface area contributed by atoms with Gasteiger partial charge in [0.2, 0.25) is 5.95 Å². The lowest BCUT2D eigenvalue weighted by atomic mass is 10.1. The third-order valence-electron chi connectivity index (χ3n) is 1.85. The monoisotopic (exact) mass is 251 g/mol. The van der Waals surface area contributed by atoms with Crippen molar-refractivity contribution < 1.29 is 27.1 Å². The number of aromatic nitrogens is 1. The number of halogens is 4. The summed E-state index contributed by atoms with van der Waals surface area (Å²) in [6, 6.07) is 0.555. The SMILES string of the molecule is CCOC(=O)Cc1cnc(F)c(C(F)(F)F)c1. The van der Waals surface area contributed by atoms with E-state index in [1.165, 1.54) is 0 Å². The number of hydrogen-bond acceptors (Lipinski definition) is 3. The second kappa shape index (κ2) is 5.11. The van der Waals surface area contributed by atoms with Crippen molar-refractivity contribution in [1.82, 2.24) is 4.98 Å². The van der Waals surface area contributed by atoms with Crippen LogP contribution in [0, 0.1) is 5.95 Å². The molecule has 0 saturated carbocycles. The number of ether oxygens (including phenoxy) is 1. The van der Waals surface area contributed by atoms with E-state index >= 15 is 0 Å². The average molecular weight is 251 g/mol. The van der Waals surface area contributed by atoms with Crippen molar-refractivity contribution in [2.75, 3.05) is 6.61 Å². The van der Waals surface area contributed by atoms with Gasteiger partial charge in [-0.15, -0.1) is 0 Å². The number of nitrogens with zero attached hydrogens (tertiary/aromatic N) is 1. The molecule has 0 unspecified atom stereocenters. The molecule has 0 amide bonds. The minimum Gasteiger partial charge on any atom is -0.466 e. The maximum Gasteiger partial charge on any atom is 0.420 e. The Kier molecular flexibility index (Phi) is 4.03. The lowest BCUT2D eigenvalue weighted by Gasteiger charge is -2.08. The molecule has 1 aromatic heterocycles. The Labute approximate surface area is 94.4 Å². The van der Waals surface area contributed by atoms with Crippen LogP contribution in [0.4, 0.5) is 17.6 Å². The van der Waals surface area contributed by atoms with Crippen molar-refractivity contribution in [3.05, 3.63) is 29.3 Å². The molecule has 0 fully saturated rings. The molecule has 0 N–H and O–H groups in total. The Balaban J connectivity index is 2.93. The van der Waals surface area contributed by atoms with E-state index in [0.717, 1.165) is 6.20 Å². The van der Waals surface area contributed by atoms with Crippen LogP contribution in [0.3, 0.4) is 0 Å². The van der Waals surface area contributed by atoms with Gasteiger partial charge < -0.3 is 4.74 Å². The summed E-state index contributed by atoms with van der Waals surface area (Å²) in [5, 5.41) is 0. The first-order valence-electron chi connectivity index (χ1n) is 4.71. The largest absolute Gasteiger partial charge is 0.466 e. The van der Waals surface area contributed by atoms with Crippen LogP contribution in [0.5, 0.6) is 0 Å². The molecule has 0 aliphatic carbocycles. The molecular weight excluding hydrogens is 242 g/mol. The summed E-state index contributed by atoms with van der Waals surface area (Å²) in [6.07, 6.45) is -4.33. The van der Waals surface area contributed by atoms with Crippen LogP contribution in [0.25, 0.3) is 0 Å². The van der Waals surface area contributed by atoms with E-state index in [4.69, 9.17) is 0 Å². The number of pyridine rings is 1. The first-order valence-corrected chi connectivity index (χ1v) is 4.71. The average Bonchev–Trinajstić information content (AvgIpc) is 2.19. The summed E-state index contributed by atoms with van der Waals surface area (Å²) in [7, 11) is 0. The van der Waals surface area contributed by atoms with Gasteiger partial charge in [0.25, 0.3) is 0 Å².